The van der Waals surface area contributed by atoms with Gasteiger partial charge < -0.3 is 5.32 Å². The number of hydrogen-bond acceptors (Lipinski definition) is 1. The van der Waals surface area contributed by atoms with Gasteiger partial charge in [-0.3, -0.25) is 0 Å². The highest BCUT2D eigenvalue weighted by molar-refractivity contribution is 5.28. The summed E-state index contributed by atoms with van der Waals surface area (Å²) in [5, 5.41) is 3.18. The summed E-state index contributed by atoms with van der Waals surface area (Å²) in [6.45, 7) is 0. The van der Waals surface area contributed by atoms with E-state index in [1.807, 2.05) is 7.05 Å². The Hall–Kier alpha value is -1.03. The molecule has 0 aliphatic heterocycles. The fourth-order valence-corrected chi connectivity index (χ4v) is 3.11. The lowest BCUT2D eigenvalue weighted by Crippen LogP contribution is -2.21. The Labute approximate surface area is 118 Å². The minimum Gasteiger partial charge on any atom is -0.313 e. The first kappa shape index (κ1) is 15.4. The first-order chi connectivity index (χ1) is 9.50. The summed E-state index contributed by atoms with van der Waals surface area (Å²) in [7, 11) is 1.83. The zero-order valence-electron chi connectivity index (χ0n) is 11.8. The minimum absolute atomic E-state index is 0.0143. The van der Waals surface area contributed by atoms with Gasteiger partial charge in [-0.25, -0.2) is 0 Å². The van der Waals surface area contributed by atoms with Gasteiger partial charge in [-0.2, -0.15) is 13.2 Å². The van der Waals surface area contributed by atoms with Crippen molar-refractivity contribution in [2.24, 2.45) is 5.92 Å². The molecule has 1 aromatic rings. The van der Waals surface area contributed by atoms with Crippen molar-refractivity contribution >= 4 is 0 Å². The molecule has 1 aromatic carbocycles. The number of halogens is 3. The van der Waals surface area contributed by atoms with Crippen molar-refractivity contribution in [3.63, 3.8) is 0 Å². The van der Waals surface area contributed by atoms with Gasteiger partial charge in [0.15, 0.2) is 0 Å². The average Bonchev–Trinajstić information content (AvgIpc) is 2.45. The Morgan fingerprint density at radius 2 is 1.90 bits per heavy atom. The van der Waals surface area contributed by atoms with E-state index in [1.54, 1.807) is 6.07 Å². The highest BCUT2D eigenvalue weighted by Gasteiger charge is 2.31. The van der Waals surface area contributed by atoms with Crippen LogP contribution < -0.4 is 5.32 Å². The molecule has 0 aromatic heterocycles. The van der Waals surface area contributed by atoms with Gasteiger partial charge in [0, 0.05) is 6.04 Å². The number of nitrogens with one attached hydrogen (secondary N) is 1. The maximum atomic E-state index is 12.8. The number of alkyl halides is 3. The van der Waals surface area contributed by atoms with Crippen LogP contribution in [0.4, 0.5) is 13.2 Å². The van der Waals surface area contributed by atoms with E-state index in [-0.39, 0.29) is 6.04 Å². The smallest absolute Gasteiger partial charge is 0.313 e. The molecule has 2 rings (SSSR count). The standard InChI is InChI=1S/C16H22F3N/c1-20-15(10-12-6-3-2-4-7-12)13-8-5-9-14(11-13)16(17,18)19/h5,8-9,11-12,15,20H,2-4,6-7,10H2,1H3. The molecule has 0 saturated heterocycles. The van der Waals surface area contributed by atoms with Gasteiger partial charge in [0.05, 0.1) is 5.56 Å². The SMILES string of the molecule is CNC(CC1CCCCC1)c1cccc(C(F)(F)F)c1. The Bertz CT molecular complexity index is 422. The van der Waals surface area contributed by atoms with Gasteiger partial charge in [-0.15, -0.1) is 0 Å². The molecule has 1 saturated carbocycles. The Morgan fingerprint density at radius 3 is 2.50 bits per heavy atom. The second-order valence-electron chi connectivity index (χ2n) is 5.70. The van der Waals surface area contributed by atoms with Crippen LogP contribution in [-0.2, 0) is 6.18 Å². The lowest BCUT2D eigenvalue weighted by molar-refractivity contribution is -0.137. The van der Waals surface area contributed by atoms with E-state index in [4.69, 9.17) is 0 Å². The fourth-order valence-electron chi connectivity index (χ4n) is 3.11. The molecular formula is C16H22F3N. The number of hydrogen-bond donors (Lipinski definition) is 1. The van der Waals surface area contributed by atoms with Crippen LogP contribution in [0.15, 0.2) is 24.3 Å². The number of benzene rings is 1. The molecule has 0 bridgehead atoms. The average molecular weight is 285 g/mol. The van der Waals surface area contributed by atoms with Crippen molar-refractivity contribution in [2.45, 2.75) is 50.7 Å². The predicted octanol–water partition coefficient (Wildman–Crippen LogP) is 4.94. The molecule has 20 heavy (non-hydrogen) atoms. The Balaban J connectivity index is 2.10. The van der Waals surface area contributed by atoms with Gasteiger partial charge in [0.25, 0.3) is 0 Å². The monoisotopic (exact) mass is 285 g/mol. The van der Waals surface area contributed by atoms with Crippen LogP contribution in [0, 0.1) is 5.92 Å². The third-order valence-electron chi connectivity index (χ3n) is 4.26. The van der Waals surface area contributed by atoms with E-state index in [1.165, 1.54) is 44.2 Å². The van der Waals surface area contributed by atoms with Crippen molar-refractivity contribution in [3.05, 3.63) is 35.4 Å². The summed E-state index contributed by atoms with van der Waals surface area (Å²) >= 11 is 0. The summed E-state index contributed by atoms with van der Waals surface area (Å²) in [6, 6.07) is 5.73. The lowest BCUT2D eigenvalue weighted by atomic mass is 9.83. The van der Waals surface area contributed by atoms with E-state index in [0.29, 0.717) is 5.92 Å². The lowest BCUT2D eigenvalue weighted by Gasteiger charge is -2.27. The molecule has 0 heterocycles. The zero-order chi connectivity index (χ0) is 14.6. The van der Waals surface area contributed by atoms with Gasteiger partial charge >= 0.3 is 6.18 Å². The van der Waals surface area contributed by atoms with Crippen molar-refractivity contribution in [1.82, 2.24) is 5.32 Å². The maximum absolute atomic E-state index is 12.8. The quantitative estimate of drug-likeness (QED) is 0.826. The second kappa shape index (κ2) is 6.61. The maximum Gasteiger partial charge on any atom is 0.416 e. The van der Waals surface area contributed by atoms with Crippen LogP contribution >= 0.6 is 0 Å². The van der Waals surface area contributed by atoms with Gasteiger partial charge in [0.2, 0.25) is 0 Å². The molecule has 4 heteroatoms. The van der Waals surface area contributed by atoms with Crippen molar-refractivity contribution in [2.75, 3.05) is 7.05 Å². The molecule has 112 valence electrons. The summed E-state index contributed by atoms with van der Waals surface area (Å²) < 4.78 is 38.3. The van der Waals surface area contributed by atoms with Crippen molar-refractivity contribution < 1.29 is 13.2 Å². The Kier molecular flexibility index (Phi) is 5.08. The normalized spacial score (nSPS) is 19.0. The summed E-state index contributed by atoms with van der Waals surface area (Å²) in [5.74, 6) is 0.635. The van der Waals surface area contributed by atoms with Crippen LogP contribution in [0.2, 0.25) is 0 Å². The molecule has 1 N–H and O–H groups in total. The molecule has 1 nitrogen and oxygen atoms in total. The first-order valence-corrected chi connectivity index (χ1v) is 7.35. The van der Waals surface area contributed by atoms with E-state index >= 15 is 0 Å². The zero-order valence-corrected chi connectivity index (χ0v) is 11.8. The molecule has 1 fully saturated rings. The third kappa shape index (κ3) is 3.98. The molecule has 1 atom stereocenters. The molecule has 0 spiro atoms. The molecule has 1 aliphatic rings. The van der Waals surface area contributed by atoms with E-state index < -0.39 is 11.7 Å². The highest BCUT2D eigenvalue weighted by atomic mass is 19.4. The van der Waals surface area contributed by atoms with Crippen molar-refractivity contribution in [3.8, 4) is 0 Å². The van der Waals surface area contributed by atoms with Gasteiger partial charge in [0.1, 0.15) is 0 Å². The largest absolute Gasteiger partial charge is 0.416 e. The second-order valence-corrected chi connectivity index (χ2v) is 5.70. The third-order valence-corrected chi connectivity index (χ3v) is 4.26. The van der Waals surface area contributed by atoms with Crippen LogP contribution in [0.3, 0.4) is 0 Å². The fraction of sp³-hybridized carbons (Fsp3) is 0.625. The van der Waals surface area contributed by atoms with Crippen LogP contribution in [0.1, 0.15) is 55.7 Å². The predicted molar refractivity (Wildman–Crippen MR) is 74.4 cm³/mol. The molecule has 1 unspecified atom stereocenters. The summed E-state index contributed by atoms with van der Waals surface area (Å²) in [4.78, 5) is 0. The topological polar surface area (TPSA) is 12.0 Å². The van der Waals surface area contributed by atoms with E-state index in [2.05, 4.69) is 5.32 Å². The minimum atomic E-state index is -4.26. The van der Waals surface area contributed by atoms with Crippen LogP contribution in [-0.4, -0.2) is 7.05 Å². The van der Waals surface area contributed by atoms with Crippen LogP contribution in [0.5, 0.6) is 0 Å². The van der Waals surface area contributed by atoms with Crippen molar-refractivity contribution in [1.29, 1.82) is 0 Å². The van der Waals surface area contributed by atoms with Gasteiger partial charge in [-0.1, -0.05) is 44.2 Å². The summed E-state index contributed by atoms with van der Waals surface area (Å²) in [6.07, 6.45) is 2.88. The highest BCUT2D eigenvalue weighted by Crippen LogP contribution is 2.34. The summed E-state index contributed by atoms with van der Waals surface area (Å²) in [5.41, 5.74) is 0.187. The Morgan fingerprint density at radius 1 is 1.20 bits per heavy atom. The number of rotatable bonds is 4. The molecular weight excluding hydrogens is 263 g/mol. The van der Waals surface area contributed by atoms with Gasteiger partial charge in [-0.05, 0) is 37.1 Å². The molecule has 1 aliphatic carbocycles. The molecule has 0 amide bonds. The first-order valence-electron chi connectivity index (χ1n) is 7.35. The van der Waals surface area contributed by atoms with Crippen LogP contribution in [0.25, 0.3) is 0 Å². The van der Waals surface area contributed by atoms with E-state index in [9.17, 15) is 13.2 Å². The molecule has 0 radical (unpaired) electrons. The van der Waals surface area contributed by atoms with E-state index in [0.717, 1.165) is 18.1 Å².